The van der Waals surface area contributed by atoms with Crippen LogP contribution in [0.4, 0.5) is 0 Å². The number of Topliss-reactive ketones (excluding diaryl/α,β-unsaturated/α-hetero) is 1. The van der Waals surface area contributed by atoms with Crippen LogP contribution in [0.5, 0.6) is 0 Å². The number of carbonyl (C=O) groups is 2. The number of carbonyl (C=O) groups excluding carboxylic acids is 2. The number of fused-ring (bicyclic) bond motifs is 1. The first kappa shape index (κ1) is 12.9. The Hall–Kier alpha value is -2.10. The summed E-state index contributed by atoms with van der Waals surface area (Å²) in [5.74, 6) is -0.242. The lowest BCUT2D eigenvalue weighted by Gasteiger charge is -2.15. The number of para-hydroxylation sites is 1. The highest BCUT2D eigenvalue weighted by Crippen LogP contribution is 2.29. The van der Waals surface area contributed by atoms with Crippen LogP contribution < -0.4 is 0 Å². The van der Waals surface area contributed by atoms with Gasteiger partial charge in [0.2, 0.25) is 0 Å². The molecule has 0 unspecified atom stereocenters. The smallest absolute Gasteiger partial charge is 0.294 e. The molecule has 0 saturated heterocycles. The van der Waals surface area contributed by atoms with E-state index in [9.17, 15) is 9.59 Å². The number of aromatic nitrogens is 1. The molecule has 0 spiro atoms. The number of aryl methyl sites for hydroxylation is 1. The molecule has 0 aliphatic heterocycles. The van der Waals surface area contributed by atoms with E-state index >= 15 is 0 Å². The molecular weight excluding hydrogens is 252 g/mol. The van der Waals surface area contributed by atoms with Gasteiger partial charge in [-0.15, -0.1) is 0 Å². The Bertz CT molecular complexity index is 683. The standard InChI is InChI=1S/C16H18N2O2/c1-10-14(12-5-3-4-6-13(12)17-10)15(19)16(20)18(2)9-11-7-8-11/h3-6,11,17H,7-9H2,1-2H3. The molecule has 4 nitrogen and oxygen atoms in total. The Morgan fingerprint density at radius 2 is 2.00 bits per heavy atom. The summed E-state index contributed by atoms with van der Waals surface area (Å²) >= 11 is 0. The van der Waals surface area contributed by atoms with Crippen LogP contribution in [0, 0.1) is 12.8 Å². The molecule has 1 aromatic carbocycles. The van der Waals surface area contributed by atoms with E-state index in [1.807, 2.05) is 31.2 Å². The van der Waals surface area contributed by atoms with Gasteiger partial charge < -0.3 is 9.88 Å². The van der Waals surface area contributed by atoms with E-state index in [1.165, 1.54) is 0 Å². The van der Waals surface area contributed by atoms with Crippen molar-refractivity contribution in [3.8, 4) is 0 Å². The second-order valence-electron chi connectivity index (χ2n) is 5.63. The van der Waals surface area contributed by atoms with Crippen molar-refractivity contribution in [2.45, 2.75) is 19.8 Å². The average molecular weight is 270 g/mol. The minimum Gasteiger partial charge on any atom is -0.358 e. The van der Waals surface area contributed by atoms with Crippen LogP contribution in [0.2, 0.25) is 0 Å². The number of nitrogens with zero attached hydrogens (tertiary/aromatic N) is 1. The molecule has 1 aliphatic carbocycles. The third-order valence-electron chi connectivity index (χ3n) is 3.89. The van der Waals surface area contributed by atoms with Gasteiger partial charge in [0.25, 0.3) is 11.7 Å². The van der Waals surface area contributed by atoms with Crippen molar-refractivity contribution in [2.24, 2.45) is 5.92 Å². The molecule has 4 heteroatoms. The van der Waals surface area contributed by atoms with Gasteiger partial charge in [0.05, 0.1) is 5.56 Å². The molecule has 1 aliphatic rings. The van der Waals surface area contributed by atoms with Crippen molar-refractivity contribution in [3.63, 3.8) is 0 Å². The van der Waals surface area contributed by atoms with Gasteiger partial charge in [-0.3, -0.25) is 9.59 Å². The summed E-state index contributed by atoms with van der Waals surface area (Å²) in [6, 6.07) is 7.58. The number of hydrogen-bond donors (Lipinski definition) is 1. The molecule has 0 bridgehead atoms. The van der Waals surface area contributed by atoms with E-state index in [0.717, 1.165) is 29.4 Å². The van der Waals surface area contributed by atoms with Gasteiger partial charge in [0.15, 0.2) is 0 Å². The number of amides is 1. The van der Waals surface area contributed by atoms with Crippen molar-refractivity contribution in [1.29, 1.82) is 0 Å². The van der Waals surface area contributed by atoms with E-state index in [4.69, 9.17) is 0 Å². The Balaban J connectivity index is 1.91. The van der Waals surface area contributed by atoms with Crippen molar-refractivity contribution in [3.05, 3.63) is 35.5 Å². The lowest BCUT2D eigenvalue weighted by atomic mass is 10.1. The van der Waals surface area contributed by atoms with Gasteiger partial charge in [-0.2, -0.15) is 0 Å². The second kappa shape index (κ2) is 4.78. The van der Waals surface area contributed by atoms with Gasteiger partial charge in [0.1, 0.15) is 0 Å². The predicted octanol–water partition coefficient (Wildman–Crippen LogP) is 2.53. The number of nitrogens with one attached hydrogen (secondary N) is 1. The summed E-state index contributed by atoms with van der Waals surface area (Å²) in [4.78, 5) is 29.5. The minimum absolute atomic E-state index is 0.412. The molecule has 1 N–H and O–H groups in total. The molecule has 1 fully saturated rings. The summed E-state index contributed by atoms with van der Waals surface area (Å²) < 4.78 is 0. The molecule has 1 saturated carbocycles. The summed E-state index contributed by atoms with van der Waals surface area (Å²) in [7, 11) is 1.71. The molecule has 3 rings (SSSR count). The predicted molar refractivity (Wildman–Crippen MR) is 77.7 cm³/mol. The number of aromatic amines is 1. The van der Waals surface area contributed by atoms with Crippen molar-refractivity contribution >= 4 is 22.6 Å². The van der Waals surface area contributed by atoms with Crippen LogP contribution in [0.3, 0.4) is 0 Å². The van der Waals surface area contributed by atoms with E-state index < -0.39 is 11.7 Å². The van der Waals surface area contributed by atoms with Crippen LogP contribution in [0.1, 0.15) is 28.9 Å². The minimum atomic E-state index is -0.414. The van der Waals surface area contributed by atoms with E-state index in [1.54, 1.807) is 11.9 Å². The Labute approximate surface area is 117 Å². The number of benzene rings is 1. The Morgan fingerprint density at radius 1 is 1.30 bits per heavy atom. The molecule has 20 heavy (non-hydrogen) atoms. The second-order valence-corrected chi connectivity index (χ2v) is 5.63. The molecule has 104 valence electrons. The number of likely N-dealkylation sites (N-methyl/N-ethyl adjacent to an activating group) is 1. The molecule has 1 amide bonds. The molecule has 0 atom stereocenters. The SMILES string of the molecule is Cc1[nH]c2ccccc2c1C(=O)C(=O)N(C)CC1CC1. The fraction of sp³-hybridized carbons (Fsp3) is 0.375. The first-order valence-corrected chi connectivity index (χ1v) is 6.95. The van der Waals surface area contributed by atoms with Gasteiger partial charge in [-0.1, -0.05) is 18.2 Å². The average Bonchev–Trinajstić information content (AvgIpc) is 3.17. The lowest BCUT2D eigenvalue weighted by molar-refractivity contribution is -0.125. The largest absolute Gasteiger partial charge is 0.358 e. The zero-order chi connectivity index (χ0) is 14.3. The number of H-pyrrole nitrogens is 1. The first-order chi connectivity index (χ1) is 9.58. The first-order valence-electron chi connectivity index (χ1n) is 6.95. The van der Waals surface area contributed by atoms with Crippen LogP contribution in [-0.2, 0) is 4.79 Å². The monoisotopic (exact) mass is 270 g/mol. The zero-order valence-corrected chi connectivity index (χ0v) is 11.8. The maximum atomic E-state index is 12.5. The van der Waals surface area contributed by atoms with Gasteiger partial charge in [-0.05, 0) is 31.7 Å². The maximum absolute atomic E-state index is 12.5. The third kappa shape index (κ3) is 2.22. The van der Waals surface area contributed by atoms with Crippen LogP contribution in [0.25, 0.3) is 10.9 Å². The molecule has 1 aromatic heterocycles. The highest BCUT2D eigenvalue weighted by Gasteiger charge is 2.29. The van der Waals surface area contributed by atoms with E-state index in [-0.39, 0.29) is 0 Å². The number of rotatable bonds is 4. The fourth-order valence-corrected chi connectivity index (χ4v) is 2.62. The summed E-state index contributed by atoms with van der Waals surface area (Å²) in [6.45, 7) is 2.52. The zero-order valence-electron chi connectivity index (χ0n) is 11.8. The summed E-state index contributed by atoms with van der Waals surface area (Å²) in [5.41, 5.74) is 2.16. The topological polar surface area (TPSA) is 53.2 Å². The normalized spacial score (nSPS) is 14.5. The van der Waals surface area contributed by atoms with Gasteiger partial charge in [0, 0.05) is 30.2 Å². The molecule has 2 aromatic rings. The van der Waals surface area contributed by atoms with Gasteiger partial charge in [-0.25, -0.2) is 0 Å². The Morgan fingerprint density at radius 3 is 2.70 bits per heavy atom. The van der Waals surface area contributed by atoms with Crippen LogP contribution in [-0.4, -0.2) is 35.2 Å². The van der Waals surface area contributed by atoms with Crippen molar-refractivity contribution in [1.82, 2.24) is 9.88 Å². The fourth-order valence-electron chi connectivity index (χ4n) is 2.62. The Kier molecular flexibility index (Phi) is 3.08. The van der Waals surface area contributed by atoms with Gasteiger partial charge >= 0.3 is 0 Å². The lowest BCUT2D eigenvalue weighted by Crippen LogP contribution is -2.35. The number of ketones is 1. The summed E-state index contributed by atoms with van der Waals surface area (Å²) in [5, 5.41) is 0.822. The quantitative estimate of drug-likeness (QED) is 0.685. The molecule has 1 heterocycles. The van der Waals surface area contributed by atoms with E-state index in [0.29, 0.717) is 18.0 Å². The highest BCUT2D eigenvalue weighted by atomic mass is 16.2. The van der Waals surface area contributed by atoms with Crippen LogP contribution in [0.15, 0.2) is 24.3 Å². The van der Waals surface area contributed by atoms with Crippen molar-refractivity contribution in [2.75, 3.05) is 13.6 Å². The number of hydrogen-bond acceptors (Lipinski definition) is 2. The highest BCUT2D eigenvalue weighted by molar-refractivity contribution is 6.45. The van der Waals surface area contributed by atoms with Crippen molar-refractivity contribution < 1.29 is 9.59 Å². The van der Waals surface area contributed by atoms with Crippen LogP contribution >= 0.6 is 0 Å². The summed E-state index contributed by atoms with van der Waals surface area (Å²) in [6.07, 6.45) is 2.33. The molecule has 0 radical (unpaired) electrons. The molecular formula is C16H18N2O2. The maximum Gasteiger partial charge on any atom is 0.294 e. The third-order valence-corrected chi connectivity index (χ3v) is 3.89. The van der Waals surface area contributed by atoms with E-state index in [2.05, 4.69) is 4.98 Å².